The molecule has 0 aliphatic heterocycles. The van der Waals surface area contributed by atoms with Crippen molar-refractivity contribution < 1.29 is 9.90 Å². The van der Waals surface area contributed by atoms with Gasteiger partial charge in [-0.2, -0.15) is 0 Å². The lowest BCUT2D eigenvalue weighted by Crippen LogP contribution is -2.23. The van der Waals surface area contributed by atoms with Crippen molar-refractivity contribution in [2.75, 3.05) is 0 Å². The van der Waals surface area contributed by atoms with Gasteiger partial charge in [0.1, 0.15) is 0 Å². The Morgan fingerprint density at radius 3 is 1.85 bits per heavy atom. The summed E-state index contributed by atoms with van der Waals surface area (Å²) in [4.78, 5) is 11.4. The maximum atomic E-state index is 11.4. The van der Waals surface area contributed by atoms with E-state index < -0.39 is 5.97 Å². The van der Waals surface area contributed by atoms with E-state index in [-0.39, 0.29) is 10.8 Å². The van der Waals surface area contributed by atoms with E-state index in [2.05, 4.69) is 47.6 Å². The molecule has 0 amide bonds. The van der Waals surface area contributed by atoms with Crippen LogP contribution in [0.4, 0.5) is 0 Å². The normalized spacial score (nSPS) is 12.5. The van der Waals surface area contributed by atoms with Crippen molar-refractivity contribution >= 4 is 5.97 Å². The molecule has 1 aromatic carbocycles. The van der Waals surface area contributed by atoms with Crippen molar-refractivity contribution in [2.24, 2.45) is 0 Å². The van der Waals surface area contributed by atoms with Gasteiger partial charge >= 0.3 is 5.97 Å². The Hall–Kier alpha value is -1.31. The van der Waals surface area contributed by atoms with Crippen molar-refractivity contribution in [1.29, 1.82) is 0 Å². The van der Waals surface area contributed by atoms with E-state index in [1.807, 2.05) is 12.1 Å². The molecule has 0 heterocycles. The Morgan fingerprint density at radius 2 is 1.45 bits per heavy atom. The fourth-order valence-corrected chi connectivity index (χ4v) is 2.35. The monoisotopic (exact) mass is 276 g/mol. The maximum absolute atomic E-state index is 11.4. The highest BCUT2D eigenvalue weighted by molar-refractivity contribution is 5.88. The average molecular weight is 276 g/mol. The van der Waals surface area contributed by atoms with Gasteiger partial charge < -0.3 is 5.11 Å². The highest BCUT2D eigenvalue weighted by Crippen LogP contribution is 2.36. The molecular formula is C18H28O2. The summed E-state index contributed by atoms with van der Waals surface area (Å²) < 4.78 is 0. The van der Waals surface area contributed by atoms with Crippen LogP contribution in [0.1, 0.15) is 82.3 Å². The summed E-state index contributed by atoms with van der Waals surface area (Å²) in [5, 5.41) is 9.38. The molecule has 0 saturated heterocycles. The minimum absolute atomic E-state index is 0.00258. The minimum Gasteiger partial charge on any atom is -0.478 e. The zero-order valence-electron chi connectivity index (χ0n) is 13.7. The molecule has 1 rings (SSSR count). The van der Waals surface area contributed by atoms with Gasteiger partial charge in [-0.3, -0.25) is 0 Å². The molecule has 0 aliphatic carbocycles. The van der Waals surface area contributed by atoms with Crippen LogP contribution in [-0.4, -0.2) is 11.1 Å². The summed E-state index contributed by atoms with van der Waals surface area (Å²) in [5.41, 5.74) is 2.74. The van der Waals surface area contributed by atoms with E-state index in [1.165, 1.54) is 0 Å². The highest BCUT2D eigenvalue weighted by Gasteiger charge is 2.27. The van der Waals surface area contributed by atoms with Crippen LogP contribution in [0.2, 0.25) is 0 Å². The molecule has 0 unspecified atom stereocenters. The molecule has 112 valence electrons. The molecule has 0 radical (unpaired) electrons. The number of rotatable bonds is 6. The van der Waals surface area contributed by atoms with E-state index in [4.69, 9.17) is 0 Å². The van der Waals surface area contributed by atoms with Crippen LogP contribution in [0.25, 0.3) is 0 Å². The summed E-state index contributed by atoms with van der Waals surface area (Å²) in [6, 6.07) is 5.90. The Balaban J connectivity index is 3.51. The van der Waals surface area contributed by atoms with Crippen LogP contribution in [0, 0.1) is 0 Å². The second kappa shape index (κ2) is 5.99. The molecule has 0 aliphatic rings. The van der Waals surface area contributed by atoms with Crippen LogP contribution in [0.15, 0.2) is 18.2 Å². The first-order chi connectivity index (χ1) is 9.20. The lowest BCUT2D eigenvalue weighted by atomic mass is 9.73. The summed E-state index contributed by atoms with van der Waals surface area (Å²) in [7, 11) is 0. The van der Waals surface area contributed by atoms with Gasteiger partial charge in [0.05, 0.1) is 5.56 Å². The van der Waals surface area contributed by atoms with Gasteiger partial charge in [-0.05, 0) is 53.4 Å². The van der Waals surface area contributed by atoms with Crippen molar-refractivity contribution in [3.05, 3.63) is 34.9 Å². The largest absolute Gasteiger partial charge is 0.478 e. The van der Waals surface area contributed by atoms with Gasteiger partial charge in [0, 0.05) is 0 Å². The molecule has 0 atom stereocenters. The Labute approximate surface area is 123 Å². The van der Waals surface area contributed by atoms with Crippen molar-refractivity contribution in [3.8, 4) is 0 Å². The van der Waals surface area contributed by atoms with Crippen LogP contribution in [-0.2, 0) is 10.8 Å². The molecule has 0 spiro atoms. The molecule has 0 saturated carbocycles. The second-order valence-electron chi connectivity index (χ2n) is 6.61. The fraction of sp³-hybridized carbons (Fsp3) is 0.611. The number of carbonyl (C=O) groups is 1. The molecule has 2 heteroatoms. The number of hydrogen-bond donors (Lipinski definition) is 1. The standard InChI is InChI=1S/C18H28O2/c1-7-17(4,5)14-10-13(16(19)20)11-15(12-14)18(6,8-2)9-3/h10-12H,7-9H2,1-6H3,(H,19,20). The number of carboxylic acid groups (broad SMARTS) is 1. The highest BCUT2D eigenvalue weighted by atomic mass is 16.4. The molecule has 2 nitrogen and oxygen atoms in total. The van der Waals surface area contributed by atoms with Crippen LogP contribution < -0.4 is 0 Å². The Morgan fingerprint density at radius 1 is 0.950 bits per heavy atom. The summed E-state index contributed by atoms with van der Waals surface area (Å²) in [6.07, 6.45) is 3.02. The van der Waals surface area contributed by atoms with E-state index in [1.54, 1.807) is 0 Å². The topological polar surface area (TPSA) is 37.3 Å². The number of hydrogen-bond acceptors (Lipinski definition) is 1. The van der Waals surface area contributed by atoms with Gasteiger partial charge in [0.15, 0.2) is 0 Å². The minimum atomic E-state index is -0.838. The maximum Gasteiger partial charge on any atom is 0.335 e. The lowest BCUT2D eigenvalue weighted by molar-refractivity contribution is 0.0696. The molecule has 1 N–H and O–H groups in total. The summed E-state index contributed by atoms with van der Waals surface area (Å²) in [5.74, 6) is -0.838. The molecule has 0 fully saturated rings. The zero-order chi connectivity index (χ0) is 15.6. The van der Waals surface area contributed by atoms with Crippen molar-refractivity contribution in [1.82, 2.24) is 0 Å². The number of benzene rings is 1. The molecule has 0 bridgehead atoms. The van der Waals surface area contributed by atoms with Gasteiger partial charge in [-0.15, -0.1) is 0 Å². The third-order valence-corrected chi connectivity index (χ3v) is 5.10. The number of aromatic carboxylic acids is 1. The molecule has 1 aromatic rings. The smallest absolute Gasteiger partial charge is 0.335 e. The second-order valence-corrected chi connectivity index (χ2v) is 6.61. The van der Waals surface area contributed by atoms with Gasteiger partial charge in [0.25, 0.3) is 0 Å². The van der Waals surface area contributed by atoms with Crippen LogP contribution in [0.5, 0.6) is 0 Å². The molecular weight excluding hydrogens is 248 g/mol. The summed E-state index contributed by atoms with van der Waals surface area (Å²) >= 11 is 0. The average Bonchev–Trinajstić information content (AvgIpc) is 2.45. The fourth-order valence-electron chi connectivity index (χ4n) is 2.35. The predicted molar refractivity (Wildman–Crippen MR) is 84.7 cm³/mol. The van der Waals surface area contributed by atoms with Gasteiger partial charge in [-0.1, -0.05) is 47.6 Å². The first-order valence-electron chi connectivity index (χ1n) is 7.59. The van der Waals surface area contributed by atoms with E-state index >= 15 is 0 Å². The number of carboxylic acids is 1. The first-order valence-corrected chi connectivity index (χ1v) is 7.59. The first kappa shape index (κ1) is 16.7. The Bertz CT molecular complexity index is 482. The van der Waals surface area contributed by atoms with Gasteiger partial charge in [-0.25, -0.2) is 4.79 Å². The lowest BCUT2D eigenvalue weighted by Gasteiger charge is -2.31. The third-order valence-electron chi connectivity index (χ3n) is 5.10. The summed E-state index contributed by atoms with van der Waals surface area (Å²) in [6.45, 7) is 13.0. The van der Waals surface area contributed by atoms with Crippen LogP contribution >= 0.6 is 0 Å². The third kappa shape index (κ3) is 3.23. The van der Waals surface area contributed by atoms with Crippen molar-refractivity contribution in [3.63, 3.8) is 0 Å². The van der Waals surface area contributed by atoms with E-state index in [0.717, 1.165) is 30.4 Å². The Kier molecular flexibility index (Phi) is 5.01. The predicted octanol–water partition coefficient (Wildman–Crippen LogP) is 5.15. The zero-order valence-corrected chi connectivity index (χ0v) is 13.7. The molecule has 20 heavy (non-hydrogen) atoms. The molecule has 0 aromatic heterocycles. The quantitative estimate of drug-likeness (QED) is 0.780. The SMILES string of the molecule is CCC(C)(C)c1cc(C(=O)O)cc(C(C)(CC)CC)c1. The van der Waals surface area contributed by atoms with Crippen LogP contribution in [0.3, 0.4) is 0 Å². The van der Waals surface area contributed by atoms with Crippen molar-refractivity contribution in [2.45, 2.75) is 71.6 Å². The van der Waals surface area contributed by atoms with E-state index in [9.17, 15) is 9.90 Å². The van der Waals surface area contributed by atoms with E-state index in [0.29, 0.717) is 5.56 Å². The van der Waals surface area contributed by atoms with Gasteiger partial charge in [0.2, 0.25) is 0 Å².